The van der Waals surface area contributed by atoms with Crippen molar-refractivity contribution in [2.75, 3.05) is 78.9 Å². The lowest BCUT2D eigenvalue weighted by Gasteiger charge is -2.43. The first kappa shape index (κ1) is 80.4. The SMILES string of the molecule is CCCCCC(CCCCC)CCOC(=O)CCCCCCCCN(CCCCCCCCC(=O)OCCC(CCCCC)CCCCC)CCCOC(C)OCCCN(CCCO)CCCCCCCCC(=O)OCCC1OC2C3CCC(CC3)C2O1. The van der Waals surface area contributed by atoms with Gasteiger partial charge in [-0.3, -0.25) is 14.4 Å². The van der Waals surface area contributed by atoms with E-state index in [0.29, 0.717) is 82.4 Å². The monoisotopic (exact) mass is 1250 g/mol. The van der Waals surface area contributed by atoms with Gasteiger partial charge in [-0.05, 0) is 147 Å². The summed E-state index contributed by atoms with van der Waals surface area (Å²) in [5, 5.41) is 9.59. The Morgan fingerprint density at radius 2 is 0.705 bits per heavy atom. The molecule has 3 atom stereocenters. The zero-order chi connectivity index (χ0) is 63.2. The van der Waals surface area contributed by atoms with Crippen molar-refractivity contribution in [3.05, 3.63) is 0 Å². The van der Waals surface area contributed by atoms with Crippen LogP contribution in [-0.4, -0.2) is 137 Å². The van der Waals surface area contributed by atoms with Gasteiger partial charge in [0.2, 0.25) is 0 Å². The molecule has 0 spiro atoms. The first-order valence-corrected chi connectivity index (χ1v) is 38.3. The van der Waals surface area contributed by atoms with E-state index in [9.17, 15) is 19.5 Å². The van der Waals surface area contributed by atoms with E-state index in [0.717, 1.165) is 123 Å². The Balaban J connectivity index is 1.26. The van der Waals surface area contributed by atoms with Crippen LogP contribution in [0, 0.1) is 23.7 Å². The topological polar surface area (TPSA) is 143 Å². The number of aliphatic hydroxyl groups is 1. The molecule has 3 unspecified atom stereocenters. The highest BCUT2D eigenvalue weighted by atomic mass is 16.7. The molecule has 4 fully saturated rings. The number of rotatable bonds is 65. The smallest absolute Gasteiger partial charge is 0.305 e. The molecule has 1 aliphatic heterocycles. The molecule has 4 aliphatic rings. The minimum Gasteiger partial charge on any atom is -0.466 e. The lowest BCUT2D eigenvalue weighted by molar-refractivity contribution is -0.147. The van der Waals surface area contributed by atoms with Crippen LogP contribution < -0.4 is 0 Å². The van der Waals surface area contributed by atoms with Crippen molar-refractivity contribution in [1.29, 1.82) is 0 Å². The second-order valence-corrected chi connectivity index (χ2v) is 27.4. The van der Waals surface area contributed by atoms with Gasteiger partial charge in [-0.15, -0.1) is 0 Å². The Kier molecular flexibility index (Phi) is 51.7. The van der Waals surface area contributed by atoms with Crippen LogP contribution in [0.5, 0.6) is 0 Å². The lowest BCUT2D eigenvalue weighted by Crippen LogP contribution is -2.45. The number of fused-ring (bicyclic) bond motifs is 2. The fourth-order valence-corrected chi connectivity index (χ4v) is 14.0. The van der Waals surface area contributed by atoms with Crippen LogP contribution in [0.25, 0.3) is 0 Å². The van der Waals surface area contributed by atoms with E-state index in [1.807, 2.05) is 6.92 Å². The fraction of sp³-hybridized carbons (Fsp3) is 0.960. The molecule has 3 aliphatic carbocycles. The second kappa shape index (κ2) is 56.7. The number of nitrogens with zero attached hydrogens (tertiary/aromatic N) is 2. The van der Waals surface area contributed by atoms with E-state index in [2.05, 4.69) is 37.5 Å². The predicted molar refractivity (Wildman–Crippen MR) is 361 cm³/mol. The van der Waals surface area contributed by atoms with Crippen molar-refractivity contribution < 1.29 is 52.6 Å². The molecule has 1 heterocycles. The third-order valence-electron chi connectivity index (χ3n) is 19.6. The molecule has 13 heteroatoms. The first-order valence-electron chi connectivity index (χ1n) is 38.3. The molecular weight excluding hydrogens is 1100 g/mol. The Labute approximate surface area is 541 Å². The molecule has 0 aromatic rings. The molecule has 88 heavy (non-hydrogen) atoms. The largest absolute Gasteiger partial charge is 0.466 e. The first-order chi connectivity index (χ1) is 43.2. The molecule has 2 bridgehead atoms. The third-order valence-corrected chi connectivity index (χ3v) is 19.6. The van der Waals surface area contributed by atoms with Crippen molar-refractivity contribution in [3.8, 4) is 0 Å². The molecule has 13 nitrogen and oxygen atoms in total. The van der Waals surface area contributed by atoms with Crippen LogP contribution in [0.1, 0.15) is 336 Å². The summed E-state index contributed by atoms with van der Waals surface area (Å²) in [7, 11) is 0. The van der Waals surface area contributed by atoms with E-state index in [4.69, 9.17) is 33.2 Å². The highest BCUT2D eigenvalue weighted by Crippen LogP contribution is 2.48. The summed E-state index contributed by atoms with van der Waals surface area (Å²) in [4.78, 5) is 42.7. The second-order valence-electron chi connectivity index (χ2n) is 27.4. The molecule has 4 rings (SSSR count). The maximum absolute atomic E-state index is 12.6. The van der Waals surface area contributed by atoms with Gasteiger partial charge in [0.05, 0.1) is 45.2 Å². The molecular formula is C75H142N2O11. The Hall–Kier alpha value is -1.87. The molecule has 0 aromatic carbocycles. The lowest BCUT2D eigenvalue weighted by atomic mass is 9.67. The fourth-order valence-electron chi connectivity index (χ4n) is 14.0. The van der Waals surface area contributed by atoms with Crippen molar-refractivity contribution in [2.24, 2.45) is 23.7 Å². The van der Waals surface area contributed by atoms with Gasteiger partial charge in [0.15, 0.2) is 12.6 Å². The van der Waals surface area contributed by atoms with Crippen molar-refractivity contribution in [2.45, 2.75) is 361 Å². The summed E-state index contributed by atoms with van der Waals surface area (Å²) >= 11 is 0. The maximum atomic E-state index is 12.6. The van der Waals surface area contributed by atoms with Gasteiger partial charge in [0, 0.05) is 51.9 Å². The molecule has 518 valence electrons. The van der Waals surface area contributed by atoms with Gasteiger partial charge in [-0.2, -0.15) is 0 Å². The maximum Gasteiger partial charge on any atom is 0.305 e. The Morgan fingerprint density at radius 1 is 0.386 bits per heavy atom. The molecule has 0 amide bonds. The van der Waals surface area contributed by atoms with Crippen molar-refractivity contribution >= 4 is 17.9 Å². The molecule has 0 radical (unpaired) electrons. The van der Waals surface area contributed by atoms with E-state index < -0.39 is 0 Å². The zero-order valence-corrected chi connectivity index (χ0v) is 58.3. The van der Waals surface area contributed by atoms with Crippen molar-refractivity contribution in [3.63, 3.8) is 0 Å². The van der Waals surface area contributed by atoms with Gasteiger partial charge in [0.25, 0.3) is 0 Å². The summed E-state index contributed by atoms with van der Waals surface area (Å²) in [5.41, 5.74) is 0. The number of carbonyl (C=O) groups excluding carboxylic acids is 3. The molecule has 1 saturated heterocycles. The minimum atomic E-state index is -0.244. The summed E-state index contributed by atoms with van der Waals surface area (Å²) in [5.74, 6) is 2.57. The number of esters is 3. The summed E-state index contributed by atoms with van der Waals surface area (Å²) in [6.45, 7) is 20.3. The average molecular weight is 1250 g/mol. The number of aliphatic hydroxyl groups excluding tert-OH is 1. The number of hydrogen-bond acceptors (Lipinski definition) is 13. The standard InChI is InChI=1S/C75H142N2O11/c1-6-10-26-39-66(40-27-11-7-2)50-62-84-70(79)43-30-20-14-17-23-33-53-76(54-34-24-18-15-21-31-44-71(80)85-63-51-67(41-28-12-8-3)42-29-13-9-4)57-37-60-82-65(5)83-61-38-58-77(56-36-59-78)55-35-25-19-16-22-32-45-72(81)86-64-52-73-87-74-68-46-47-69(49-48-68)75(74)88-73/h65-69,73-75,78H,6-64H2,1-5H3. The van der Waals surface area contributed by atoms with Gasteiger partial charge in [-0.1, -0.05) is 207 Å². The van der Waals surface area contributed by atoms with E-state index in [1.165, 1.54) is 193 Å². The van der Waals surface area contributed by atoms with Crippen LogP contribution in [-0.2, 0) is 47.5 Å². The highest BCUT2D eigenvalue weighted by molar-refractivity contribution is 5.69. The quantitative estimate of drug-likeness (QED) is 0.0267. The summed E-state index contributed by atoms with van der Waals surface area (Å²) < 4.78 is 41.8. The normalized spacial score (nSPS) is 18.5. The minimum absolute atomic E-state index is 0.0111. The highest BCUT2D eigenvalue weighted by Gasteiger charge is 2.50. The number of unbranched alkanes of at least 4 members (excludes halogenated alkanes) is 23. The predicted octanol–water partition coefficient (Wildman–Crippen LogP) is 18.6. The number of hydrogen-bond donors (Lipinski definition) is 1. The van der Waals surface area contributed by atoms with Crippen LogP contribution >= 0.6 is 0 Å². The van der Waals surface area contributed by atoms with Crippen molar-refractivity contribution in [1.82, 2.24) is 9.80 Å². The summed E-state index contributed by atoms with van der Waals surface area (Å²) in [6, 6.07) is 0. The van der Waals surface area contributed by atoms with Crippen LogP contribution in [0.4, 0.5) is 0 Å². The van der Waals surface area contributed by atoms with E-state index in [1.54, 1.807) is 0 Å². The molecule has 0 aromatic heterocycles. The molecule has 3 saturated carbocycles. The summed E-state index contributed by atoms with van der Waals surface area (Å²) in [6.07, 6.45) is 52.8. The van der Waals surface area contributed by atoms with Gasteiger partial charge < -0.3 is 48.1 Å². The van der Waals surface area contributed by atoms with E-state index in [-0.39, 0.29) is 49.3 Å². The van der Waals surface area contributed by atoms with Crippen LogP contribution in [0.15, 0.2) is 0 Å². The zero-order valence-electron chi connectivity index (χ0n) is 58.3. The number of ether oxygens (including phenoxy) is 7. The van der Waals surface area contributed by atoms with Crippen LogP contribution in [0.2, 0.25) is 0 Å². The molecule has 1 N–H and O–H groups in total. The van der Waals surface area contributed by atoms with E-state index >= 15 is 0 Å². The van der Waals surface area contributed by atoms with Gasteiger partial charge >= 0.3 is 17.9 Å². The van der Waals surface area contributed by atoms with Gasteiger partial charge in [0.1, 0.15) is 0 Å². The average Bonchev–Trinajstić information content (AvgIpc) is 2.60. The van der Waals surface area contributed by atoms with Gasteiger partial charge in [-0.25, -0.2) is 0 Å². The Bertz CT molecular complexity index is 1500. The van der Waals surface area contributed by atoms with Crippen LogP contribution in [0.3, 0.4) is 0 Å². The Morgan fingerprint density at radius 3 is 1.06 bits per heavy atom. The number of carbonyl (C=O) groups is 3. The third kappa shape index (κ3) is 42.4.